The Bertz CT molecular complexity index is 55.8. The summed E-state index contributed by atoms with van der Waals surface area (Å²) >= 11 is 0. The van der Waals surface area contributed by atoms with Crippen molar-refractivity contribution in [3.8, 4) is 0 Å². The first-order chi connectivity index (χ1) is 2.00. The molecule has 5 heavy (non-hydrogen) atoms. The molecule has 3 heteroatoms. The molecule has 0 rings (SSSR count). The summed E-state index contributed by atoms with van der Waals surface area (Å²) in [6.07, 6.45) is 0. The minimum Gasteiger partial charge on any atom is -0.306 e. The molecule has 0 aliphatic carbocycles. The molecule has 0 saturated carbocycles. The number of nitrogens with one attached hydrogen (secondary N) is 1. The zero-order valence-corrected chi connectivity index (χ0v) is 4.25. The molecule has 0 fully saturated rings. The van der Waals surface area contributed by atoms with E-state index in [1.807, 2.05) is 0 Å². The molecule has 1 N–H and O–H groups in total. The second-order valence-corrected chi connectivity index (χ2v) is 4.05. The van der Waals surface area contributed by atoms with Gasteiger partial charge in [-0.05, 0) is 0 Å². The van der Waals surface area contributed by atoms with Gasteiger partial charge >= 0.3 is 0 Å². The summed E-state index contributed by atoms with van der Waals surface area (Å²) in [4.78, 5) is 0. The second-order valence-electron chi connectivity index (χ2n) is 1.35. The zero-order valence-electron chi connectivity index (χ0n) is 3.36. The first kappa shape index (κ1) is 5.19. The van der Waals surface area contributed by atoms with Crippen molar-refractivity contribution in [1.82, 2.24) is 5.50 Å². The maximum atomic E-state index is 9.88. The fraction of sp³-hybridized carbons (Fsp3) is 1.00. The van der Waals surface area contributed by atoms with E-state index >= 15 is 0 Å². The third-order valence-corrected chi connectivity index (χ3v) is 0. The minimum atomic E-state index is -2.39. The fourth-order valence-corrected chi connectivity index (χ4v) is 0. The van der Waals surface area contributed by atoms with Crippen LogP contribution < -0.4 is 5.50 Å². The highest BCUT2D eigenvalue weighted by atomic mass is 31.2. The Morgan fingerprint density at radius 1 is 1.60 bits per heavy atom. The van der Waals surface area contributed by atoms with Crippen LogP contribution >= 0.6 is 7.29 Å². The van der Waals surface area contributed by atoms with Crippen molar-refractivity contribution in [3.05, 3.63) is 0 Å². The highest BCUT2D eigenvalue weighted by Crippen LogP contribution is 2.25. The van der Waals surface area contributed by atoms with Crippen molar-refractivity contribution in [1.29, 1.82) is 0 Å². The summed E-state index contributed by atoms with van der Waals surface area (Å²) in [5.41, 5.74) is 6.49. The van der Waals surface area contributed by atoms with Crippen LogP contribution in [0.4, 0.5) is 0 Å². The Kier molecular flexibility index (Phi) is 1.16. The molecule has 0 atom stereocenters. The molecule has 0 bridgehead atoms. The van der Waals surface area contributed by atoms with Crippen LogP contribution in [0.25, 0.3) is 0 Å². The minimum absolute atomic E-state index is 1.41. The van der Waals surface area contributed by atoms with E-state index in [1.54, 1.807) is 0 Å². The molecule has 0 spiro atoms. The van der Waals surface area contributed by atoms with Crippen LogP contribution in [0.15, 0.2) is 0 Å². The number of rotatable bonds is 0. The van der Waals surface area contributed by atoms with Crippen molar-refractivity contribution in [3.63, 3.8) is 0 Å². The molecular formula is C2H7NOP. The Morgan fingerprint density at radius 3 is 1.60 bits per heavy atom. The van der Waals surface area contributed by atoms with E-state index in [9.17, 15) is 4.57 Å². The molecule has 0 aromatic carbocycles. The lowest BCUT2D eigenvalue weighted by molar-refractivity contribution is 0.582. The van der Waals surface area contributed by atoms with E-state index in [0.29, 0.717) is 0 Å². The van der Waals surface area contributed by atoms with Crippen LogP contribution in [0.2, 0.25) is 0 Å². The summed E-state index contributed by atoms with van der Waals surface area (Å²) in [7, 11) is -2.39. The molecule has 0 saturated heterocycles. The Balaban J connectivity index is 3.47. The van der Waals surface area contributed by atoms with E-state index in [4.69, 9.17) is 5.50 Å². The molecule has 0 heterocycles. The standard InChI is InChI=1S/C2H7NOP/c1-5(2,3)4/h3H,1-2H3. The molecule has 1 radical (unpaired) electrons. The van der Waals surface area contributed by atoms with Gasteiger partial charge in [0.05, 0.1) is 0 Å². The van der Waals surface area contributed by atoms with Crippen molar-refractivity contribution in [2.75, 3.05) is 13.3 Å². The highest BCUT2D eigenvalue weighted by Gasteiger charge is 1.91. The largest absolute Gasteiger partial charge is 0.306 e. The third-order valence-electron chi connectivity index (χ3n) is 0. The summed E-state index contributed by atoms with van der Waals surface area (Å²) < 4.78 is 9.88. The van der Waals surface area contributed by atoms with Crippen molar-refractivity contribution < 1.29 is 4.57 Å². The summed E-state index contributed by atoms with van der Waals surface area (Å²) in [6, 6.07) is 0. The molecule has 0 aromatic heterocycles. The maximum Gasteiger partial charge on any atom is 0.155 e. The predicted octanol–water partition coefficient (Wildman–Crippen LogP) is 0.807. The van der Waals surface area contributed by atoms with Crippen molar-refractivity contribution >= 4 is 7.29 Å². The van der Waals surface area contributed by atoms with Crippen LogP contribution in [-0.4, -0.2) is 13.3 Å². The summed E-state index contributed by atoms with van der Waals surface area (Å²) in [5, 5.41) is 0. The molecule has 0 aliphatic rings. The first-order valence-electron chi connectivity index (χ1n) is 1.30. The molecule has 0 amide bonds. The maximum absolute atomic E-state index is 9.88. The fourth-order valence-electron chi connectivity index (χ4n) is 0. The monoisotopic (exact) mass is 92.0 g/mol. The van der Waals surface area contributed by atoms with Gasteiger partial charge < -0.3 is 4.57 Å². The van der Waals surface area contributed by atoms with Crippen molar-refractivity contribution in [2.24, 2.45) is 0 Å². The van der Waals surface area contributed by atoms with E-state index in [1.165, 1.54) is 13.3 Å². The first-order valence-corrected chi connectivity index (χ1v) is 3.90. The summed E-state index contributed by atoms with van der Waals surface area (Å²) in [5.74, 6) is 0. The van der Waals surface area contributed by atoms with Crippen LogP contribution in [0.3, 0.4) is 0 Å². The lowest BCUT2D eigenvalue weighted by atomic mass is 11.9. The molecule has 0 aliphatic heterocycles. The average Bonchev–Trinajstić information content (AvgIpc) is 0.722. The second kappa shape index (κ2) is 1.11. The van der Waals surface area contributed by atoms with Crippen LogP contribution in [0, 0.1) is 0 Å². The van der Waals surface area contributed by atoms with Crippen LogP contribution in [0.5, 0.6) is 0 Å². The molecular weight excluding hydrogens is 85.0 g/mol. The molecule has 2 nitrogen and oxygen atoms in total. The Labute approximate surface area is 31.8 Å². The van der Waals surface area contributed by atoms with Gasteiger partial charge in [0.1, 0.15) is 0 Å². The normalized spacial score (nSPS) is 11.8. The number of hydrogen-bond acceptors (Lipinski definition) is 1. The van der Waals surface area contributed by atoms with E-state index in [0.717, 1.165) is 0 Å². The Hall–Kier alpha value is 0.190. The van der Waals surface area contributed by atoms with Gasteiger partial charge in [-0.2, -0.15) is 5.50 Å². The van der Waals surface area contributed by atoms with Gasteiger partial charge in [-0.1, -0.05) is 0 Å². The van der Waals surface area contributed by atoms with E-state index < -0.39 is 7.29 Å². The smallest absolute Gasteiger partial charge is 0.155 e. The van der Waals surface area contributed by atoms with Gasteiger partial charge in [0.25, 0.3) is 0 Å². The van der Waals surface area contributed by atoms with Gasteiger partial charge in [-0.3, -0.25) is 0 Å². The molecule has 0 aromatic rings. The lowest BCUT2D eigenvalue weighted by Gasteiger charge is -1.85. The molecule has 0 unspecified atom stereocenters. The Morgan fingerprint density at radius 2 is 1.60 bits per heavy atom. The van der Waals surface area contributed by atoms with Crippen molar-refractivity contribution in [2.45, 2.75) is 0 Å². The van der Waals surface area contributed by atoms with Gasteiger partial charge in [-0.25, -0.2) is 0 Å². The van der Waals surface area contributed by atoms with Gasteiger partial charge in [0, 0.05) is 13.3 Å². The van der Waals surface area contributed by atoms with Crippen LogP contribution in [0.1, 0.15) is 0 Å². The van der Waals surface area contributed by atoms with Gasteiger partial charge in [0.2, 0.25) is 0 Å². The SMILES string of the molecule is CP(C)([NH])=O. The topological polar surface area (TPSA) is 40.9 Å². The number of hydrogen-bond donors (Lipinski definition) is 0. The summed E-state index contributed by atoms with van der Waals surface area (Å²) in [6.45, 7) is 2.82. The quantitative estimate of drug-likeness (QED) is 0.407. The van der Waals surface area contributed by atoms with Gasteiger partial charge in [0.15, 0.2) is 7.29 Å². The van der Waals surface area contributed by atoms with Gasteiger partial charge in [-0.15, -0.1) is 0 Å². The third kappa shape index (κ3) is 557. The average molecular weight is 92.1 g/mol. The lowest BCUT2D eigenvalue weighted by Crippen LogP contribution is -1.67. The molecule has 31 valence electrons. The van der Waals surface area contributed by atoms with Crippen LogP contribution in [-0.2, 0) is 4.57 Å². The van der Waals surface area contributed by atoms with E-state index in [2.05, 4.69) is 0 Å². The predicted molar refractivity (Wildman–Crippen MR) is 22.6 cm³/mol. The highest BCUT2D eigenvalue weighted by molar-refractivity contribution is 7.59. The van der Waals surface area contributed by atoms with E-state index in [-0.39, 0.29) is 0 Å². The zero-order chi connectivity index (χ0) is 4.50.